The third kappa shape index (κ3) is 7.48. The minimum atomic E-state index is -0.580. The van der Waals surface area contributed by atoms with E-state index >= 15 is 0 Å². The summed E-state index contributed by atoms with van der Waals surface area (Å²) in [6.07, 6.45) is 2.21. The Morgan fingerprint density at radius 1 is 1.15 bits per heavy atom. The number of carbonyl (C=O) groups excluding carboxylic acids is 1. The van der Waals surface area contributed by atoms with Gasteiger partial charge in [0.2, 0.25) is 0 Å². The van der Waals surface area contributed by atoms with Crippen molar-refractivity contribution in [3.63, 3.8) is 0 Å². The standard InChI is InChI=1S/C24H31N3O6/c1-23(2,3)15-24(4,5)17-8-10-20(18(12-17)27(30)31)33-14-22(29)26-25-13-16-7-9-19(28)21(11-16)32-6/h7-13,28H,14-15H2,1-6H3,(H,26,29). The molecule has 0 bridgehead atoms. The average Bonchev–Trinajstić information content (AvgIpc) is 2.71. The molecule has 9 heteroatoms. The van der Waals surface area contributed by atoms with E-state index < -0.39 is 17.4 Å². The Morgan fingerprint density at radius 3 is 2.45 bits per heavy atom. The lowest BCUT2D eigenvalue weighted by Gasteiger charge is -2.33. The Balaban J connectivity index is 2.05. The number of rotatable bonds is 9. The maximum atomic E-state index is 12.1. The summed E-state index contributed by atoms with van der Waals surface area (Å²) in [7, 11) is 1.42. The maximum absolute atomic E-state index is 12.1. The molecule has 0 atom stereocenters. The molecule has 0 fully saturated rings. The lowest BCUT2D eigenvalue weighted by atomic mass is 9.72. The number of amides is 1. The van der Waals surface area contributed by atoms with Gasteiger partial charge >= 0.3 is 5.69 Å². The predicted octanol–water partition coefficient (Wildman–Crippen LogP) is 4.55. The van der Waals surface area contributed by atoms with E-state index in [4.69, 9.17) is 9.47 Å². The minimum absolute atomic E-state index is 0.0118. The number of aromatic hydroxyl groups is 1. The molecule has 33 heavy (non-hydrogen) atoms. The van der Waals surface area contributed by atoms with E-state index in [1.807, 2.05) is 13.8 Å². The number of nitro groups is 1. The van der Waals surface area contributed by atoms with Crippen LogP contribution in [-0.2, 0) is 10.2 Å². The molecule has 0 aliphatic rings. The maximum Gasteiger partial charge on any atom is 0.311 e. The quantitative estimate of drug-likeness (QED) is 0.323. The van der Waals surface area contributed by atoms with Crippen molar-refractivity contribution < 1.29 is 24.3 Å². The van der Waals surface area contributed by atoms with Gasteiger partial charge in [0.1, 0.15) is 0 Å². The molecular weight excluding hydrogens is 426 g/mol. The molecule has 0 radical (unpaired) electrons. The summed E-state index contributed by atoms with van der Waals surface area (Å²) in [5, 5.41) is 25.0. The topological polar surface area (TPSA) is 123 Å². The lowest BCUT2D eigenvalue weighted by Crippen LogP contribution is -2.26. The molecule has 2 aromatic carbocycles. The van der Waals surface area contributed by atoms with Crippen LogP contribution in [0, 0.1) is 15.5 Å². The van der Waals surface area contributed by atoms with Crippen LogP contribution in [0.3, 0.4) is 0 Å². The summed E-state index contributed by atoms with van der Waals surface area (Å²) in [4.78, 5) is 23.2. The highest BCUT2D eigenvalue weighted by atomic mass is 16.6. The number of benzene rings is 2. The minimum Gasteiger partial charge on any atom is -0.504 e. The Kier molecular flexibility index (Phi) is 8.03. The number of nitrogens with zero attached hydrogens (tertiary/aromatic N) is 2. The van der Waals surface area contributed by atoms with Crippen molar-refractivity contribution in [1.29, 1.82) is 0 Å². The van der Waals surface area contributed by atoms with E-state index in [-0.39, 0.29) is 33.8 Å². The van der Waals surface area contributed by atoms with Crippen molar-refractivity contribution in [3.05, 3.63) is 57.6 Å². The number of ether oxygens (including phenoxy) is 2. The Labute approximate surface area is 193 Å². The summed E-state index contributed by atoms with van der Waals surface area (Å²) in [6.45, 7) is 10.0. The summed E-state index contributed by atoms with van der Waals surface area (Å²) in [5.41, 5.74) is 3.30. The fourth-order valence-corrected chi connectivity index (χ4v) is 3.76. The zero-order valence-electron chi connectivity index (χ0n) is 19.8. The molecule has 2 rings (SSSR count). The Hall–Kier alpha value is -3.62. The van der Waals surface area contributed by atoms with Crippen LogP contribution in [0.5, 0.6) is 17.2 Å². The number of hydrogen-bond donors (Lipinski definition) is 2. The van der Waals surface area contributed by atoms with E-state index in [0.29, 0.717) is 5.56 Å². The zero-order chi connectivity index (χ0) is 24.8. The van der Waals surface area contributed by atoms with E-state index in [0.717, 1.165) is 12.0 Å². The third-order valence-corrected chi connectivity index (χ3v) is 4.87. The first-order valence-electron chi connectivity index (χ1n) is 10.4. The molecule has 1 amide bonds. The molecule has 2 N–H and O–H groups in total. The molecule has 0 aliphatic heterocycles. The number of phenols is 1. The molecule has 0 heterocycles. The molecule has 178 valence electrons. The van der Waals surface area contributed by atoms with Crippen LogP contribution in [0.15, 0.2) is 41.5 Å². The fourth-order valence-electron chi connectivity index (χ4n) is 3.76. The summed E-state index contributed by atoms with van der Waals surface area (Å²) < 4.78 is 10.4. The van der Waals surface area contributed by atoms with Crippen LogP contribution in [0.1, 0.15) is 52.2 Å². The molecule has 0 aromatic heterocycles. The van der Waals surface area contributed by atoms with Gasteiger partial charge < -0.3 is 14.6 Å². The van der Waals surface area contributed by atoms with Gasteiger partial charge in [0, 0.05) is 6.07 Å². The van der Waals surface area contributed by atoms with Crippen molar-refractivity contribution in [1.82, 2.24) is 5.43 Å². The molecule has 2 aromatic rings. The van der Waals surface area contributed by atoms with Crippen molar-refractivity contribution >= 4 is 17.8 Å². The Bertz CT molecular complexity index is 1040. The molecule has 0 saturated heterocycles. The highest BCUT2D eigenvalue weighted by molar-refractivity contribution is 5.83. The first-order valence-corrected chi connectivity index (χ1v) is 10.4. The molecule has 9 nitrogen and oxygen atoms in total. The Morgan fingerprint density at radius 2 is 1.85 bits per heavy atom. The largest absolute Gasteiger partial charge is 0.504 e. The van der Waals surface area contributed by atoms with E-state index in [1.165, 1.54) is 31.5 Å². The average molecular weight is 458 g/mol. The molecule has 0 aliphatic carbocycles. The van der Waals surface area contributed by atoms with E-state index in [1.54, 1.807) is 18.2 Å². The van der Waals surface area contributed by atoms with Gasteiger partial charge in [-0.05, 0) is 52.6 Å². The predicted molar refractivity (Wildman–Crippen MR) is 126 cm³/mol. The zero-order valence-corrected chi connectivity index (χ0v) is 19.8. The van der Waals surface area contributed by atoms with Gasteiger partial charge in [-0.2, -0.15) is 5.10 Å². The third-order valence-electron chi connectivity index (χ3n) is 4.87. The van der Waals surface area contributed by atoms with Gasteiger partial charge in [-0.3, -0.25) is 14.9 Å². The van der Waals surface area contributed by atoms with Gasteiger partial charge in [0.05, 0.1) is 18.2 Å². The van der Waals surface area contributed by atoms with Gasteiger partial charge in [-0.1, -0.05) is 40.7 Å². The highest BCUT2D eigenvalue weighted by Crippen LogP contribution is 2.39. The van der Waals surface area contributed by atoms with Gasteiger partial charge in [-0.15, -0.1) is 0 Å². The lowest BCUT2D eigenvalue weighted by molar-refractivity contribution is -0.385. The molecule has 0 saturated carbocycles. The van der Waals surface area contributed by atoms with Crippen LogP contribution in [0.4, 0.5) is 5.69 Å². The summed E-state index contributed by atoms with van der Waals surface area (Å²) >= 11 is 0. The van der Waals surface area contributed by atoms with E-state index in [2.05, 4.69) is 31.3 Å². The monoisotopic (exact) mass is 457 g/mol. The van der Waals surface area contributed by atoms with Crippen molar-refractivity contribution in [2.24, 2.45) is 10.5 Å². The van der Waals surface area contributed by atoms with Gasteiger partial charge in [0.15, 0.2) is 23.9 Å². The summed E-state index contributed by atoms with van der Waals surface area (Å²) in [5.74, 6) is -0.308. The summed E-state index contributed by atoms with van der Waals surface area (Å²) in [6, 6.07) is 9.41. The van der Waals surface area contributed by atoms with Crippen LogP contribution in [0.25, 0.3) is 0 Å². The molecule has 0 spiro atoms. The molecular formula is C24H31N3O6. The van der Waals surface area contributed by atoms with Crippen molar-refractivity contribution in [2.45, 2.75) is 46.5 Å². The van der Waals surface area contributed by atoms with Gasteiger partial charge in [-0.25, -0.2) is 5.43 Å². The van der Waals surface area contributed by atoms with E-state index in [9.17, 15) is 20.0 Å². The second-order valence-electron chi connectivity index (χ2n) is 9.57. The number of carbonyl (C=O) groups is 1. The van der Waals surface area contributed by atoms with Crippen LogP contribution < -0.4 is 14.9 Å². The van der Waals surface area contributed by atoms with Crippen LogP contribution in [0.2, 0.25) is 0 Å². The first-order chi connectivity index (χ1) is 15.3. The normalized spacial score (nSPS) is 11.9. The fraction of sp³-hybridized carbons (Fsp3) is 0.417. The van der Waals surface area contributed by atoms with Crippen molar-refractivity contribution in [2.75, 3.05) is 13.7 Å². The molecule has 0 unspecified atom stereocenters. The number of hydrazone groups is 1. The number of hydrogen-bond acceptors (Lipinski definition) is 7. The van der Waals surface area contributed by atoms with Gasteiger partial charge in [0.25, 0.3) is 5.91 Å². The number of phenolic OH excluding ortho intramolecular Hbond substituents is 1. The smallest absolute Gasteiger partial charge is 0.311 e. The van der Waals surface area contributed by atoms with Crippen LogP contribution >= 0.6 is 0 Å². The first kappa shape index (κ1) is 25.6. The number of methoxy groups -OCH3 is 1. The highest BCUT2D eigenvalue weighted by Gasteiger charge is 2.29. The second-order valence-corrected chi connectivity index (χ2v) is 9.57. The number of nitrogens with one attached hydrogen (secondary N) is 1. The van der Waals surface area contributed by atoms with Crippen molar-refractivity contribution in [3.8, 4) is 17.2 Å². The second kappa shape index (κ2) is 10.3. The SMILES string of the molecule is COc1cc(C=NNC(=O)COc2ccc(C(C)(C)CC(C)(C)C)cc2[N+](=O)[O-])ccc1O. The van der Waals surface area contributed by atoms with Crippen LogP contribution in [-0.4, -0.2) is 35.9 Å². The number of nitro benzene ring substituents is 1.